The highest BCUT2D eigenvalue weighted by Gasteiger charge is 2.53. The fraction of sp³-hybridized carbons (Fsp3) is 0.519. The van der Waals surface area contributed by atoms with Gasteiger partial charge in [-0.05, 0) is 55.4 Å². The summed E-state index contributed by atoms with van der Waals surface area (Å²) in [4.78, 5) is 121. The number of esters is 1. The Bertz CT molecular complexity index is 3950. The number of Topliss-reactive ketones (excluding diaryl/α,β-unsaturated/α-hetero) is 4. The minimum Gasteiger partial charge on any atom is -0.507 e. The van der Waals surface area contributed by atoms with E-state index in [1.54, 1.807) is 97.3 Å². The average Bonchev–Trinajstić information content (AvgIpc) is 1.53. The molecule has 1 saturated heterocycles. The summed E-state index contributed by atoms with van der Waals surface area (Å²) < 4.78 is 42.4. The molecule has 12 bridgehead atoms. The largest absolute Gasteiger partial charge is 0.507 e. The van der Waals surface area contributed by atoms with Crippen molar-refractivity contribution in [1.29, 1.82) is 0 Å². The second kappa shape index (κ2) is 30.1. The molecule has 0 aromatic heterocycles. The van der Waals surface area contributed by atoms with Crippen molar-refractivity contribution < 1.29 is 102 Å². The fourth-order valence-electron chi connectivity index (χ4n) is 14.5. The Morgan fingerprint density at radius 3 is 1.35 bits per heavy atom. The van der Waals surface area contributed by atoms with E-state index in [0.29, 0.717) is 0 Å². The lowest BCUT2D eigenvalue weighted by Gasteiger charge is -2.49. The molecule has 0 radical (unpaired) electrons. The first kappa shape index (κ1) is 77.4. The van der Waals surface area contributed by atoms with Gasteiger partial charge in [0.15, 0.2) is 28.6 Å². The van der Waals surface area contributed by atoms with E-state index in [-0.39, 0.29) is 122 Å². The van der Waals surface area contributed by atoms with E-state index in [1.165, 1.54) is 47.8 Å². The number of rotatable bonds is 3. The maximum absolute atomic E-state index is 14.0. The van der Waals surface area contributed by atoms with E-state index in [1.807, 2.05) is 47.6 Å². The van der Waals surface area contributed by atoms with E-state index in [9.17, 15) is 68.7 Å². The smallest absolute Gasteiger partial charge is 0.302 e. The molecule has 100 heavy (non-hydrogen) atoms. The number of aliphatic hydroxyl groups excluding tert-OH is 3. The molecule has 0 saturated carbocycles. The molecular formula is C77H96N2O21. The van der Waals surface area contributed by atoms with E-state index in [4.69, 9.17) is 33.2 Å². The molecule has 18 atom stereocenters. The molecule has 0 unspecified atom stereocenters. The minimum atomic E-state index is -1.53. The molecule has 7 aliphatic heterocycles. The lowest BCUT2D eigenvalue weighted by Crippen LogP contribution is -2.56. The number of fused-ring (bicyclic) bond motifs is 24. The van der Waals surface area contributed by atoms with Crippen LogP contribution in [0.15, 0.2) is 95.5 Å². The Balaban J connectivity index is 0.000000254. The van der Waals surface area contributed by atoms with Crippen LogP contribution in [0.5, 0.6) is 23.0 Å². The second-order valence-corrected chi connectivity index (χ2v) is 28.7. The molecule has 2 aromatic rings. The molecule has 0 spiro atoms. The van der Waals surface area contributed by atoms with Crippen LogP contribution in [0.25, 0.3) is 0 Å². The van der Waals surface area contributed by atoms with Crippen molar-refractivity contribution in [2.45, 2.75) is 196 Å². The number of ether oxygens (including phenoxy) is 7. The van der Waals surface area contributed by atoms with Crippen molar-refractivity contribution in [2.24, 2.45) is 47.3 Å². The van der Waals surface area contributed by atoms with Gasteiger partial charge in [-0.2, -0.15) is 0 Å². The number of carbonyl (C=O) groups is 9. The molecule has 23 nitrogen and oxygen atoms in total. The number of hydrogen-bond acceptors (Lipinski definition) is 21. The van der Waals surface area contributed by atoms with Gasteiger partial charge in [-0.15, -0.1) is 0 Å². The number of nitrogens with one attached hydrogen (secondary N) is 2. The number of phenols is 2. The predicted molar refractivity (Wildman–Crippen MR) is 368 cm³/mol. The molecule has 7 heterocycles. The normalized spacial score (nSPS) is 35.8. The first-order valence-electron chi connectivity index (χ1n) is 33.9. The molecule has 7 N–H and O–H groups in total. The van der Waals surface area contributed by atoms with Gasteiger partial charge < -0.3 is 69.3 Å². The van der Waals surface area contributed by atoms with Crippen molar-refractivity contribution in [3.63, 3.8) is 0 Å². The van der Waals surface area contributed by atoms with Crippen LogP contribution in [0.2, 0.25) is 0 Å². The summed E-state index contributed by atoms with van der Waals surface area (Å²) in [5, 5.41) is 61.5. The van der Waals surface area contributed by atoms with Crippen LogP contribution >= 0.6 is 0 Å². The maximum atomic E-state index is 14.0. The third kappa shape index (κ3) is 14.9. The number of hydrogen-bond donors (Lipinski definition) is 7. The molecule has 1 fully saturated rings. The third-order valence-electron chi connectivity index (χ3n) is 20.8. The fourth-order valence-corrected chi connectivity index (χ4v) is 14.5. The van der Waals surface area contributed by atoms with Gasteiger partial charge >= 0.3 is 5.97 Å². The number of carbonyl (C=O) groups excluding carboxylic acids is 9. The number of amides is 2. The zero-order valence-corrected chi connectivity index (χ0v) is 60.3. The summed E-state index contributed by atoms with van der Waals surface area (Å²) in [6.07, 6.45) is 13.1. The molecule has 2 amide bonds. The van der Waals surface area contributed by atoms with Gasteiger partial charge in [0.05, 0.1) is 87.5 Å². The third-order valence-corrected chi connectivity index (χ3v) is 20.8. The van der Waals surface area contributed by atoms with Gasteiger partial charge in [0.1, 0.15) is 29.1 Å². The topological polar surface area (TPSA) is 343 Å². The van der Waals surface area contributed by atoms with Crippen LogP contribution in [0.4, 0.5) is 0 Å². The van der Waals surface area contributed by atoms with Crippen LogP contribution in [-0.2, 0) is 38.1 Å². The Kier molecular flexibility index (Phi) is 23.3. The monoisotopic (exact) mass is 1380 g/mol. The van der Waals surface area contributed by atoms with E-state index in [2.05, 4.69) is 10.6 Å². The standard InChI is InChI=1S/C39H49NO10.C38H47NO11/c1-18-13-11-14-19(2)37(46)40-24-17-25(41)27-28(32(24)44)31(43)22(5)35-29(27)36(45)39(9,50-35)16-12-15-26(47-10)20(3)30(42)21(4)34-23(6)33(18)48-38(7,8)49-34;1-17-12-10-13-18(2)37(47)39-24-16-25(41)27-28(33(24)45)32(44)22(6)35-29(27)36(46)38(8,50-35)15-11-14-26(48-9)19(3)34(49-23(7)40)21(5)31(43)20(4)30(17)42/h11-15,17-18,20-21,23,26,30,33-34,42-43H,16H2,1-10H3,(H,40,46);10-14,16-17,19-21,26,30-31,34,42-44H,15H2,1-9H3,(H,39,47)/b13-11+,15-12+,19-14-;12-10+,14-11+,18-13-/t18-,20+,21-,23+,26-,30+,33-,34-,39+;17-,19+,20+,21+,26-,30-,31+,34+,38+/m00/s1. The summed E-state index contributed by atoms with van der Waals surface area (Å²) in [5.41, 5.74) is -4.53. The number of phenolic OH excluding ortho intramolecular Hbond substituents is 2. The Labute approximate surface area is 583 Å². The van der Waals surface area contributed by atoms with E-state index < -0.39 is 147 Å². The summed E-state index contributed by atoms with van der Waals surface area (Å²) in [7, 11) is 3.03. The molecule has 2 aliphatic carbocycles. The highest BCUT2D eigenvalue weighted by molar-refractivity contribution is 6.32. The first-order valence-corrected chi connectivity index (χ1v) is 33.9. The van der Waals surface area contributed by atoms with Gasteiger partial charge in [-0.3, -0.25) is 43.2 Å². The quantitative estimate of drug-likeness (QED) is 0.111. The van der Waals surface area contributed by atoms with Gasteiger partial charge in [0, 0.05) is 116 Å². The highest BCUT2D eigenvalue weighted by atomic mass is 16.7. The number of ketones is 6. The Morgan fingerprint density at radius 2 is 0.920 bits per heavy atom. The van der Waals surface area contributed by atoms with Crippen LogP contribution in [0.3, 0.4) is 0 Å². The van der Waals surface area contributed by atoms with Crippen LogP contribution in [0, 0.1) is 61.2 Å². The van der Waals surface area contributed by atoms with Crippen molar-refractivity contribution in [3.8, 4) is 23.0 Å². The summed E-state index contributed by atoms with van der Waals surface area (Å²) in [6, 6.07) is 0. The number of allylic oxidation sites excluding steroid dienone is 8. The second-order valence-electron chi connectivity index (χ2n) is 28.7. The van der Waals surface area contributed by atoms with Crippen molar-refractivity contribution in [2.75, 3.05) is 14.2 Å². The summed E-state index contributed by atoms with van der Waals surface area (Å²) in [6.45, 7) is 29.0. The highest BCUT2D eigenvalue weighted by Crippen LogP contribution is 2.51. The van der Waals surface area contributed by atoms with Crippen LogP contribution in [-0.4, -0.2) is 158 Å². The van der Waals surface area contributed by atoms with Crippen LogP contribution < -0.4 is 20.1 Å². The molecule has 9 aliphatic rings. The predicted octanol–water partition coefficient (Wildman–Crippen LogP) is 9.41. The first-order chi connectivity index (χ1) is 46.7. The van der Waals surface area contributed by atoms with E-state index in [0.717, 1.165) is 12.2 Å². The van der Waals surface area contributed by atoms with Gasteiger partial charge in [0.25, 0.3) is 11.8 Å². The zero-order chi connectivity index (χ0) is 74.4. The molecule has 11 rings (SSSR count). The van der Waals surface area contributed by atoms with Gasteiger partial charge in [0.2, 0.25) is 23.1 Å². The average molecular weight is 1390 g/mol. The molecule has 23 heteroatoms. The lowest BCUT2D eigenvalue weighted by atomic mass is 9.77. The number of aromatic hydroxyl groups is 2. The maximum Gasteiger partial charge on any atom is 0.302 e. The lowest BCUT2D eigenvalue weighted by molar-refractivity contribution is -0.336. The Morgan fingerprint density at radius 1 is 0.510 bits per heavy atom. The SMILES string of the molecule is CO[C@H]1/C=C/C[C@@]2(C)Oc3c(C)c(O)c4c(c3C2=O)C(=O)C=C(NC(=O)/C(C)=C\C=C\[C@H](C)[C@@H]2OC(C)(C)O[C@@H]([C@@H](C)[C@H](O)[C@@H]1C)[C@@H]2C)C4=O.CO[C@H]1/C=C/C[C@@]2(C)Oc3c(C)c(O)c4c(c3C2=O)C(=O)C=C(NC(=O)/C(C)=C\C=C\[C@H](C)[C@H](O)[C@@H](C)[C@@H](O)[C@@H](C)[C@H](OC(C)=O)[C@@H]1C)C4=O. The summed E-state index contributed by atoms with van der Waals surface area (Å²) in [5.74, 6) is -11.2. The van der Waals surface area contributed by atoms with Crippen molar-refractivity contribution in [1.82, 2.24) is 10.6 Å². The summed E-state index contributed by atoms with van der Waals surface area (Å²) >= 11 is 0. The van der Waals surface area contributed by atoms with Crippen LogP contribution in [0.1, 0.15) is 190 Å². The minimum absolute atomic E-state index is 0.00198. The Hall–Kier alpha value is -8.29. The van der Waals surface area contributed by atoms with Crippen molar-refractivity contribution >= 4 is 52.5 Å². The molecule has 2 aromatic carbocycles. The number of benzene rings is 2. The van der Waals surface area contributed by atoms with Gasteiger partial charge in [-0.25, -0.2) is 0 Å². The zero-order valence-electron chi connectivity index (χ0n) is 60.3. The molecular weight excluding hydrogens is 1290 g/mol. The molecule has 540 valence electrons. The number of methoxy groups -OCH3 is 2. The van der Waals surface area contributed by atoms with E-state index >= 15 is 0 Å². The van der Waals surface area contributed by atoms with Crippen molar-refractivity contribution in [3.05, 3.63) is 140 Å². The van der Waals surface area contributed by atoms with Gasteiger partial charge in [-0.1, -0.05) is 116 Å². The number of aliphatic hydroxyl groups is 3.